The topological polar surface area (TPSA) is 76.3 Å². The first-order valence-corrected chi connectivity index (χ1v) is 8.41. The van der Waals surface area contributed by atoms with Crippen molar-refractivity contribution >= 4 is 10.0 Å². The standard InChI is InChI=1S/C14H17N3O3S/c1-2-11-5-3-4-6-13(11)21(18,19)17-8-7-12(9-17)14-15-10-20-16-14/h3-6,10,12H,2,7-9H2,1H3. The number of rotatable bonds is 4. The highest BCUT2D eigenvalue weighted by Crippen LogP contribution is 2.30. The zero-order chi connectivity index (χ0) is 14.9. The number of aromatic nitrogens is 2. The maximum atomic E-state index is 12.8. The summed E-state index contributed by atoms with van der Waals surface area (Å²) in [6.07, 6.45) is 2.68. The molecule has 21 heavy (non-hydrogen) atoms. The predicted molar refractivity (Wildman–Crippen MR) is 76.2 cm³/mol. The van der Waals surface area contributed by atoms with Crippen molar-refractivity contribution in [3.63, 3.8) is 0 Å². The molecule has 6 nitrogen and oxygen atoms in total. The second kappa shape index (κ2) is 5.57. The van der Waals surface area contributed by atoms with Crippen molar-refractivity contribution in [1.82, 2.24) is 14.4 Å². The van der Waals surface area contributed by atoms with Crippen molar-refractivity contribution in [2.45, 2.75) is 30.6 Å². The van der Waals surface area contributed by atoms with Gasteiger partial charge in [-0.3, -0.25) is 0 Å². The summed E-state index contributed by atoms with van der Waals surface area (Å²) >= 11 is 0. The van der Waals surface area contributed by atoms with E-state index in [0.29, 0.717) is 36.7 Å². The van der Waals surface area contributed by atoms with Gasteiger partial charge >= 0.3 is 0 Å². The summed E-state index contributed by atoms with van der Waals surface area (Å²) in [6, 6.07) is 7.16. The first-order valence-electron chi connectivity index (χ1n) is 6.97. The van der Waals surface area contributed by atoms with E-state index in [1.54, 1.807) is 12.1 Å². The van der Waals surface area contributed by atoms with E-state index in [1.165, 1.54) is 10.7 Å². The number of sulfonamides is 1. The smallest absolute Gasteiger partial charge is 0.243 e. The van der Waals surface area contributed by atoms with Crippen LogP contribution in [-0.2, 0) is 16.4 Å². The number of hydrogen-bond donors (Lipinski definition) is 0. The Morgan fingerprint density at radius 1 is 1.38 bits per heavy atom. The van der Waals surface area contributed by atoms with E-state index < -0.39 is 10.0 Å². The van der Waals surface area contributed by atoms with E-state index in [9.17, 15) is 8.42 Å². The van der Waals surface area contributed by atoms with Gasteiger partial charge in [-0.05, 0) is 24.5 Å². The molecule has 7 heteroatoms. The van der Waals surface area contributed by atoms with E-state index in [0.717, 1.165) is 5.56 Å². The Kier molecular flexibility index (Phi) is 3.77. The first-order chi connectivity index (χ1) is 10.1. The third-order valence-electron chi connectivity index (χ3n) is 3.87. The molecule has 1 aliphatic rings. The van der Waals surface area contributed by atoms with E-state index in [4.69, 9.17) is 4.52 Å². The van der Waals surface area contributed by atoms with Crippen LogP contribution in [0.15, 0.2) is 40.1 Å². The van der Waals surface area contributed by atoms with Crippen LogP contribution in [0.1, 0.15) is 30.7 Å². The number of benzene rings is 1. The lowest BCUT2D eigenvalue weighted by atomic mass is 10.1. The van der Waals surface area contributed by atoms with Gasteiger partial charge in [-0.15, -0.1) is 0 Å². The van der Waals surface area contributed by atoms with Crippen LogP contribution < -0.4 is 0 Å². The molecule has 3 rings (SSSR count). The zero-order valence-electron chi connectivity index (χ0n) is 11.8. The Hall–Kier alpha value is -1.73. The van der Waals surface area contributed by atoms with Crippen LogP contribution in [0.25, 0.3) is 0 Å². The minimum Gasteiger partial charge on any atom is -0.343 e. The molecule has 0 saturated carbocycles. The number of hydrogen-bond acceptors (Lipinski definition) is 5. The Bertz CT molecular complexity index is 713. The van der Waals surface area contributed by atoms with Crippen molar-refractivity contribution in [3.05, 3.63) is 42.0 Å². The van der Waals surface area contributed by atoms with Crippen LogP contribution in [0.5, 0.6) is 0 Å². The van der Waals surface area contributed by atoms with Gasteiger partial charge in [0.1, 0.15) is 0 Å². The zero-order valence-corrected chi connectivity index (χ0v) is 12.6. The molecule has 1 saturated heterocycles. The fraction of sp³-hybridized carbons (Fsp3) is 0.429. The van der Waals surface area contributed by atoms with Gasteiger partial charge in [0.15, 0.2) is 5.82 Å². The van der Waals surface area contributed by atoms with E-state index in [1.807, 2.05) is 19.1 Å². The molecule has 1 aromatic carbocycles. The van der Waals surface area contributed by atoms with Gasteiger partial charge in [0.05, 0.1) is 4.90 Å². The second-order valence-electron chi connectivity index (χ2n) is 5.10. The molecule has 0 amide bonds. The Labute approximate surface area is 123 Å². The van der Waals surface area contributed by atoms with Crippen molar-refractivity contribution in [1.29, 1.82) is 0 Å². The van der Waals surface area contributed by atoms with Gasteiger partial charge in [0.2, 0.25) is 16.4 Å². The molecule has 2 aromatic rings. The lowest BCUT2D eigenvalue weighted by molar-refractivity contribution is 0.403. The average molecular weight is 307 g/mol. The SMILES string of the molecule is CCc1ccccc1S(=O)(=O)N1CCC(c2ncon2)C1. The van der Waals surface area contributed by atoms with Crippen molar-refractivity contribution in [2.75, 3.05) is 13.1 Å². The second-order valence-corrected chi connectivity index (χ2v) is 7.01. The summed E-state index contributed by atoms with van der Waals surface area (Å²) in [5.74, 6) is 0.587. The highest BCUT2D eigenvalue weighted by Gasteiger charge is 2.35. The molecule has 1 aromatic heterocycles. The number of aryl methyl sites for hydroxylation is 1. The normalized spacial score (nSPS) is 20.0. The highest BCUT2D eigenvalue weighted by atomic mass is 32.2. The van der Waals surface area contributed by atoms with Crippen LogP contribution in [0.3, 0.4) is 0 Å². The van der Waals surface area contributed by atoms with E-state index in [-0.39, 0.29) is 5.92 Å². The molecule has 1 fully saturated rings. The van der Waals surface area contributed by atoms with Crippen LogP contribution in [-0.4, -0.2) is 36.0 Å². The highest BCUT2D eigenvalue weighted by molar-refractivity contribution is 7.89. The summed E-state index contributed by atoms with van der Waals surface area (Å²) in [5.41, 5.74) is 0.848. The molecule has 1 atom stereocenters. The molecule has 0 bridgehead atoms. The molecule has 0 aliphatic carbocycles. The monoisotopic (exact) mass is 307 g/mol. The predicted octanol–water partition coefficient (Wildman–Crippen LogP) is 1.81. The molecule has 1 aliphatic heterocycles. The van der Waals surface area contributed by atoms with Gasteiger partial charge < -0.3 is 4.52 Å². The fourth-order valence-electron chi connectivity index (χ4n) is 2.70. The van der Waals surface area contributed by atoms with Gasteiger partial charge in [-0.2, -0.15) is 9.29 Å². The molecule has 2 heterocycles. The van der Waals surface area contributed by atoms with Crippen LogP contribution in [0.4, 0.5) is 0 Å². The lowest BCUT2D eigenvalue weighted by Crippen LogP contribution is -2.29. The van der Waals surface area contributed by atoms with Crippen LogP contribution in [0.2, 0.25) is 0 Å². The minimum atomic E-state index is -3.46. The maximum Gasteiger partial charge on any atom is 0.243 e. The molecule has 0 spiro atoms. The van der Waals surface area contributed by atoms with Gasteiger partial charge in [0, 0.05) is 19.0 Å². The minimum absolute atomic E-state index is 0.00677. The largest absolute Gasteiger partial charge is 0.343 e. The number of nitrogens with zero attached hydrogens (tertiary/aromatic N) is 3. The van der Waals surface area contributed by atoms with Crippen LogP contribution >= 0.6 is 0 Å². The third-order valence-corrected chi connectivity index (χ3v) is 5.83. The molecule has 0 N–H and O–H groups in total. The molecular formula is C14H17N3O3S. The third kappa shape index (κ3) is 2.58. The summed E-state index contributed by atoms with van der Waals surface area (Å²) in [4.78, 5) is 4.43. The summed E-state index contributed by atoms with van der Waals surface area (Å²) in [5, 5.41) is 3.81. The van der Waals surface area contributed by atoms with E-state index >= 15 is 0 Å². The Morgan fingerprint density at radius 3 is 2.90 bits per heavy atom. The molecule has 0 radical (unpaired) electrons. The fourth-order valence-corrected chi connectivity index (χ4v) is 4.50. The van der Waals surface area contributed by atoms with Gasteiger partial charge in [0.25, 0.3) is 0 Å². The summed E-state index contributed by atoms with van der Waals surface area (Å²) in [6.45, 7) is 2.85. The van der Waals surface area contributed by atoms with Gasteiger partial charge in [-0.1, -0.05) is 30.3 Å². The lowest BCUT2D eigenvalue weighted by Gasteiger charge is -2.18. The Balaban J connectivity index is 1.86. The average Bonchev–Trinajstić information content (AvgIpc) is 3.17. The molecule has 112 valence electrons. The van der Waals surface area contributed by atoms with Crippen LogP contribution in [0, 0.1) is 0 Å². The maximum absolute atomic E-state index is 12.8. The van der Waals surface area contributed by atoms with Crippen molar-refractivity contribution < 1.29 is 12.9 Å². The van der Waals surface area contributed by atoms with E-state index in [2.05, 4.69) is 10.1 Å². The van der Waals surface area contributed by atoms with Crippen molar-refractivity contribution in [3.8, 4) is 0 Å². The first kappa shape index (κ1) is 14.2. The van der Waals surface area contributed by atoms with Crippen molar-refractivity contribution in [2.24, 2.45) is 0 Å². The Morgan fingerprint density at radius 2 is 2.19 bits per heavy atom. The summed E-state index contributed by atoms with van der Waals surface area (Å²) < 4.78 is 31.8. The quantitative estimate of drug-likeness (QED) is 0.861. The summed E-state index contributed by atoms with van der Waals surface area (Å²) in [7, 11) is -3.46. The van der Waals surface area contributed by atoms with Gasteiger partial charge in [-0.25, -0.2) is 8.42 Å². The molecule has 1 unspecified atom stereocenters. The molecular weight excluding hydrogens is 290 g/mol.